The van der Waals surface area contributed by atoms with Crippen molar-refractivity contribution in [1.82, 2.24) is 29.6 Å². The highest BCUT2D eigenvalue weighted by Crippen LogP contribution is 2.41. The smallest absolute Gasteiger partial charge is 0.227 e. The average Bonchev–Trinajstić information content (AvgIpc) is 3.35. The fourth-order valence-electron chi connectivity index (χ4n) is 4.17. The second-order valence-electron chi connectivity index (χ2n) is 9.49. The van der Waals surface area contributed by atoms with Gasteiger partial charge in [-0.25, -0.2) is 8.42 Å². The van der Waals surface area contributed by atoms with E-state index in [-0.39, 0.29) is 5.92 Å². The van der Waals surface area contributed by atoms with Gasteiger partial charge in [0.05, 0.1) is 29.8 Å². The number of nitrogens with two attached hydrogens (primary N) is 1. The van der Waals surface area contributed by atoms with E-state index in [1.54, 1.807) is 0 Å². The minimum atomic E-state index is -3.25. The largest absolute Gasteiger partial charge is 0.383 e. The molecule has 0 amide bonds. The molecule has 3 aromatic heterocycles. The number of sulfonamides is 1. The molecule has 35 heavy (non-hydrogen) atoms. The van der Waals surface area contributed by atoms with Crippen molar-refractivity contribution in [3.05, 3.63) is 29.3 Å². The zero-order chi connectivity index (χ0) is 24.7. The molecule has 0 spiro atoms. The van der Waals surface area contributed by atoms with Crippen LogP contribution in [0.25, 0.3) is 11.3 Å². The minimum Gasteiger partial charge on any atom is -0.383 e. The van der Waals surface area contributed by atoms with Crippen LogP contribution in [0.15, 0.2) is 16.7 Å². The first kappa shape index (κ1) is 23.5. The predicted octanol–water partition coefficient (Wildman–Crippen LogP) is 2.13. The van der Waals surface area contributed by atoms with Crippen LogP contribution >= 0.6 is 0 Å². The number of hydrogen-bond acceptors (Lipinski definition) is 10. The fraction of sp³-hybridized carbons (Fsp3) is 0.545. The number of nitrogens with one attached hydrogen (secondary N) is 2. The predicted molar refractivity (Wildman–Crippen MR) is 133 cm³/mol. The summed E-state index contributed by atoms with van der Waals surface area (Å²) in [5, 5.41) is 14.9. The monoisotopic (exact) mass is 501 g/mol. The highest BCUT2D eigenvalue weighted by atomic mass is 32.2. The van der Waals surface area contributed by atoms with E-state index in [0.717, 1.165) is 24.2 Å². The average molecular weight is 502 g/mol. The van der Waals surface area contributed by atoms with E-state index in [0.29, 0.717) is 73.2 Å². The molecule has 0 atom stereocenters. The molecule has 1 aliphatic heterocycles. The molecule has 0 unspecified atom stereocenters. The van der Waals surface area contributed by atoms with Gasteiger partial charge in [-0.2, -0.15) is 19.4 Å². The van der Waals surface area contributed by atoms with Gasteiger partial charge in [-0.15, -0.1) is 0 Å². The molecule has 13 heteroatoms. The number of piperazine rings is 1. The Morgan fingerprint density at radius 3 is 2.57 bits per heavy atom. The van der Waals surface area contributed by atoms with Crippen LogP contribution in [0.2, 0.25) is 0 Å². The second-order valence-corrected chi connectivity index (χ2v) is 11.5. The first-order valence-corrected chi connectivity index (χ1v) is 13.7. The first-order valence-electron chi connectivity index (χ1n) is 11.8. The summed E-state index contributed by atoms with van der Waals surface area (Å²) in [6.07, 6.45) is 3.53. The Bertz CT molecular complexity index is 1310. The van der Waals surface area contributed by atoms with E-state index in [1.165, 1.54) is 10.6 Å². The highest BCUT2D eigenvalue weighted by molar-refractivity contribution is 7.88. The van der Waals surface area contributed by atoms with E-state index >= 15 is 0 Å². The summed E-state index contributed by atoms with van der Waals surface area (Å²) in [7, 11) is -3.25. The lowest BCUT2D eigenvalue weighted by molar-refractivity contribution is 0.379. The number of rotatable bonds is 8. The molecule has 1 saturated carbocycles. The molecule has 2 fully saturated rings. The number of H-pyrrole nitrogens is 1. The molecule has 0 aromatic carbocycles. The molecule has 2 aliphatic rings. The van der Waals surface area contributed by atoms with Crippen molar-refractivity contribution < 1.29 is 12.9 Å². The Kier molecular flexibility index (Phi) is 6.13. The summed E-state index contributed by atoms with van der Waals surface area (Å²) < 4.78 is 30.9. The fourth-order valence-corrected chi connectivity index (χ4v) is 5.00. The Morgan fingerprint density at radius 2 is 1.94 bits per heavy atom. The normalized spacial score (nSPS) is 17.3. The zero-order valence-electron chi connectivity index (χ0n) is 20.2. The summed E-state index contributed by atoms with van der Waals surface area (Å²) in [5.74, 6) is 2.74. The number of nitrogen functional groups attached to an aromatic ring is 1. The molecule has 0 bridgehead atoms. The second kappa shape index (κ2) is 9.11. The third-order valence-corrected chi connectivity index (χ3v) is 7.69. The molecule has 1 saturated heterocycles. The van der Waals surface area contributed by atoms with Gasteiger partial charge in [0.15, 0.2) is 5.76 Å². The van der Waals surface area contributed by atoms with E-state index in [4.69, 9.17) is 15.2 Å². The van der Waals surface area contributed by atoms with Crippen LogP contribution in [-0.2, 0) is 16.6 Å². The molecule has 5 rings (SSSR count). The molecule has 4 N–H and O–H groups in total. The van der Waals surface area contributed by atoms with Crippen LogP contribution in [0, 0.1) is 0 Å². The molecule has 3 aromatic rings. The standard InChI is InChI=1S/C22H31N9O3S/c1-13(2)16-10-15(34-29-16)12-24-22-25-20(23)19(18-11-17(27-28-18)14-4-5-14)21(26-22)30-6-8-31(9-7-30)35(3,32)33/h10-11,13-14H,4-9,12H2,1-3H3,(H,27,28)(H3,23,24,25,26). The quantitative estimate of drug-likeness (QED) is 0.417. The summed E-state index contributed by atoms with van der Waals surface area (Å²) >= 11 is 0. The Morgan fingerprint density at radius 1 is 1.20 bits per heavy atom. The molecule has 12 nitrogen and oxygen atoms in total. The van der Waals surface area contributed by atoms with Crippen molar-refractivity contribution in [2.45, 2.75) is 45.1 Å². The number of nitrogens with zero attached hydrogens (tertiary/aromatic N) is 6. The van der Waals surface area contributed by atoms with Gasteiger partial charge in [0, 0.05) is 43.9 Å². The number of hydrogen-bond donors (Lipinski definition) is 3. The summed E-state index contributed by atoms with van der Waals surface area (Å²) in [4.78, 5) is 11.3. The van der Waals surface area contributed by atoms with Crippen LogP contribution in [0.5, 0.6) is 0 Å². The maximum atomic E-state index is 12.0. The number of anilines is 3. The van der Waals surface area contributed by atoms with Crippen molar-refractivity contribution in [1.29, 1.82) is 0 Å². The Balaban J connectivity index is 1.44. The van der Waals surface area contributed by atoms with E-state index in [2.05, 4.69) is 39.5 Å². The third-order valence-electron chi connectivity index (χ3n) is 6.39. The third kappa shape index (κ3) is 5.10. The van der Waals surface area contributed by atoms with Crippen LogP contribution in [0.4, 0.5) is 17.6 Å². The van der Waals surface area contributed by atoms with E-state index in [1.807, 2.05) is 17.0 Å². The number of aromatic nitrogens is 5. The van der Waals surface area contributed by atoms with Crippen LogP contribution < -0.4 is 16.0 Å². The van der Waals surface area contributed by atoms with Crippen molar-refractivity contribution in [3.8, 4) is 11.3 Å². The lowest BCUT2D eigenvalue weighted by Gasteiger charge is -2.35. The maximum Gasteiger partial charge on any atom is 0.227 e. The molecule has 4 heterocycles. The summed E-state index contributed by atoms with van der Waals surface area (Å²) in [5.41, 5.74) is 9.76. The van der Waals surface area contributed by atoms with Crippen molar-refractivity contribution >= 4 is 27.6 Å². The Hall–Kier alpha value is -3.19. The summed E-state index contributed by atoms with van der Waals surface area (Å²) in [6.45, 7) is 6.16. The van der Waals surface area contributed by atoms with Crippen molar-refractivity contribution in [2.75, 3.05) is 48.4 Å². The van der Waals surface area contributed by atoms with Gasteiger partial charge in [0.2, 0.25) is 16.0 Å². The maximum absolute atomic E-state index is 12.0. The molecule has 0 radical (unpaired) electrons. The molecule has 1 aliphatic carbocycles. The molecule has 188 valence electrons. The summed E-state index contributed by atoms with van der Waals surface area (Å²) in [6, 6.07) is 3.92. The van der Waals surface area contributed by atoms with Gasteiger partial charge in [-0.1, -0.05) is 19.0 Å². The van der Waals surface area contributed by atoms with Gasteiger partial charge < -0.3 is 20.5 Å². The van der Waals surface area contributed by atoms with Gasteiger partial charge in [-0.05, 0) is 24.8 Å². The van der Waals surface area contributed by atoms with Gasteiger partial charge in [0.1, 0.15) is 11.6 Å². The lowest BCUT2D eigenvalue weighted by atomic mass is 10.1. The van der Waals surface area contributed by atoms with Crippen molar-refractivity contribution in [3.63, 3.8) is 0 Å². The topological polar surface area (TPSA) is 159 Å². The van der Waals surface area contributed by atoms with E-state index in [9.17, 15) is 8.42 Å². The molecular weight excluding hydrogens is 470 g/mol. The zero-order valence-corrected chi connectivity index (χ0v) is 21.0. The molecular formula is C22H31N9O3S. The van der Waals surface area contributed by atoms with Crippen LogP contribution in [0.1, 0.15) is 55.7 Å². The highest BCUT2D eigenvalue weighted by Gasteiger charge is 2.30. The van der Waals surface area contributed by atoms with Crippen molar-refractivity contribution in [2.24, 2.45) is 0 Å². The lowest BCUT2D eigenvalue weighted by Crippen LogP contribution is -2.48. The van der Waals surface area contributed by atoms with Gasteiger partial charge in [0.25, 0.3) is 0 Å². The van der Waals surface area contributed by atoms with E-state index < -0.39 is 10.0 Å². The van der Waals surface area contributed by atoms with Gasteiger partial charge in [-0.3, -0.25) is 5.10 Å². The first-order chi connectivity index (χ1) is 16.7. The van der Waals surface area contributed by atoms with Gasteiger partial charge >= 0.3 is 0 Å². The number of aromatic amines is 1. The SMILES string of the molecule is CC(C)c1cc(CNc2nc(N)c(-c3cc(C4CC4)[nH]n3)c(N3CCN(S(C)(=O)=O)CC3)n2)on1. The van der Waals surface area contributed by atoms with Crippen LogP contribution in [0.3, 0.4) is 0 Å². The Labute approximate surface area is 204 Å². The van der Waals surface area contributed by atoms with Crippen LogP contribution in [-0.4, -0.2) is 70.5 Å². The minimum absolute atomic E-state index is 0.269.